The maximum Gasteiger partial charge on any atom is 0.0351 e. The number of rotatable bonds is 2. The van der Waals surface area contributed by atoms with Crippen LogP contribution in [0.1, 0.15) is 42.1 Å². The van der Waals surface area contributed by atoms with Gasteiger partial charge in [-0.15, -0.1) is 0 Å². The highest BCUT2D eigenvalue weighted by atomic mass is 14.9. The van der Waals surface area contributed by atoms with Gasteiger partial charge in [-0.2, -0.15) is 0 Å². The molecule has 0 radical (unpaired) electrons. The molecule has 1 aliphatic rings. The first-order valence-corrected chi connectivity index (χ1v) is 5.97. The van der Waals surface area contributed by atoms with Crippen molar-refractivity contribution in [3.8, 4) is 0 Å². The van der Waals surface area contributed by atoms with Gasteiger partial charge in [-0.25, -0.2) is 0 Å². The monoisotopic (exact) mass is 203 g/mol. The standard InChI is InChI=1S/C14H21N/c1-5-15-14-10(3)8-13-11(4)9(2)6-7-12(13)14/h6-7,10,14-15H,5,8H2,1-4H3. The maximum absolute atomic E-state index is 3.60. The highest BCUT2D eigenvalue weighted by molar-refractivity contribution is 5.44. The van der Waals surface area contributed by atoms with Crippen molar-refractivity contribution in [2.75, 3.05) is 6.54 Å². The quantitative estimate of drug-likeness (QED) is 0.778. The molecule has 1 heteroatoms. The van der Waals surface area contributed by atoms with E-state index in [9.17, 15) is 0 Å². The van der Waals surface area contributed by atoms with Crippen molar-refractivity contribution < 1.29 is 0 Å². The molecule has 1 nitrogen and oxygen atoms in total. The molecule has 1 N–H and O–H groups in total. The molecule has 82 valence electrons. The van der Waals surface area contributed by atoms with Crippen LogP contribution in [-0.4, -0.2) is 6.54 Å². The molecule has 0 spiro atoms. The summed E-state index contributed by atoms with van der Waals surface area (Å²) in [5.41, 5.74) is 6.05. The molecule has 0 heterocycles. The van der Waals surface area contributed by atoms with E-state index in [1.54, 1.807) is 5.56 Å². The largest absolute Gasteiger partial charge is 0.310 e. The predicted molar refractivity (Wildman–Crippen MR) is 65.2 cm³/mol. The fourth-order valence-electron chi connectivity index (χ4n) is 2.73. The Morgan fingerprint density at radius 2 is 2.07 bits per heavy atom. The Balaban J connectivity index is 2.42. The van der Waals surface area contributed by atoms with Crippen LogP contribution in [0.5, 0.6) is 0 Å². The third kappa shape index (κ3) is 1.69. The van der Waals surface area contributed by atoms with Gasteiger partial charge in [0.2, 0.25) is 0 Å². The average molecular weight is 203 g/mol. The molecule has 15 heavy (non-hydrogen) atoms. The Labute approximate surface area is 92.9 Å². The lowest BCUT2D eigenvalue weighted by Gasteiger charge is -2.17. The molecule has 0 saturated heterocycles. The number of fused-ring (bicyclic) bond motifs is 1. The molecule has 1 aliphatic carbocycles. The molecule has 1 aromatic rings. The van der Waals surface area contributed by atoms with Crippen LogP contribution in [0.15, 0.2) is 12.1 Å². The molecule has 0 bridgehead atoms. The summed E-state index contributed by atoms with van der Waals surface area (Å²) in [5.74, 6) is 0.737. The molecular formula is C14H21N. The van der Waals surface area contributed by atoms with Crippen molar-refractivity contribution in [1.29, 1.82) is 0 Å². The van der Waals surface area contributed by atoms with E-state index >= 15 is 0 Å². The molecule has 2 rings (SSSR count). The van der Waals surface area contributed by atoms with Gasteiger partial charge in [-0.3, -0.25) is 0 Å². The van der Waals surface area contributed by atoms with Gasteiger partial charge in [-0.05, 0) is 55.0 Å². The van der Waals surface area contributed by atoms with Gasteiger partial charge in [0.25, 0.3) is 0 Å². The first-order valence-electron chi connectivity index (χ1n) is 5.97. The number of hydrogen-bond donors (Lipinski definition) is 1. The van der Waals surface area contributed by atoms with Gasteiger partial charge < -0.3 is 5.32 Å². The Kier molecular flexibility index (Phi) is 2.83. The fourth-order valence-corrected chi connectivity index (χ4v) is 2.73. The van der Waals surface area contributed by atoms with E-state index in [1.807, 2.05) is 0 Å². The van der Waals surface area contributed by atoms with E-state index in [1.165, 1.54) is 23.1 Å². The molecule has 1 aromatic carbocycles. The second kappa shape index (κ2) is 3.97. The van der Waals surface area contributed by atoms with Gasteiger partial charge in [0, 0.05) is 6.04 Å². The minimum absolute atomic E-state index is 0.573. The highest BCUT2D eigenvalue weighted by Crippen LogP contribution is 2.38. The van der Waals surface area contributed by atoms with Crippen molar-refractivity contribution in [2.24, 2.45) is 5.92 Å². The second-order valence-electron chi connectivity index (χ2n) is 4.79. The summed E-state index contributed by atoms with van der Waals surface area (Å²) in [6, 6.07) is 5.15. The van der Waals surface area contributed by atoms with Crippen LogP contribution in [0.3, 0.4) is 0 Å². The Morgan fingerprint density at radius 1 is 1.33 bits per heavy atom. The lowest BCUT2D eigenvalue weighted by molar-refractivity contribution is 0.426. The van der Waals surface area contributed by atoms with Crippen LogP contribution in [0, 0.1) is 19.8 Å². The third-order valence-corrected chi connectivity index (χ3v) is 3.76. The zero-order chi connectivity index (χ0) is 11.0. The van der Waals surface area contributed by atoms with Crippen molar-refractivity contribution in [3.63, 3.8) is 0 Å². The fraction of sp³-hybridized carbons (Fsp3) is 0.571. The van der Waals surface area contributed by atoms with Crippen LogP contribution in [-0.2, 0) is 6.42 Å². The zero-order valence-corrected chi connectivity index (χ0v) is 10.2. The molecule has 0 aliphatic heterocycles. The smallest absolute Gasteiger partial charge is 0.0351 e. The Hall–Kier alpha value is -0.820. The number of nitrogens with one attached hydrogen (secondary N) is 1. The average Bonchev–Trinajstić information content (AvgIpc) is 2.52. The number of hydrogen-bond acceptors (Lipinski definition) is 1. The number of benzene rings is 1. The molecular weight excluding hydrogens is 182 g/mol. The van der Waals surface area contributed by atoms with E-state index in [4.69, 9.17) is 0 Å². The lowest BCUT2D eigenvalue weighted by Crippen LogP contribution is -2.23. The minimum Gasteiger partial charge on any atom is -0.310 e. The molecule has 2 atom stereocenters. The van der Waals surface area contributed by atoms with Gasteiger partial charge >= 0.3 is 0 Å². The van der Waals surface area contributed by atoms with Gasteiger partial charge in [0.15, 0.2) is 0 Å². The minimum atomic E-state index is 0.573. The third-order valence-electron chi connectivity index (χ3n) is 3.76. The second-order valence-corrected chi connectivity index (χ2v) is 4.79. The van der Waals surface area contributed by atoms with Crippen LogP contribution >= 0.6 is 0 Å². The molecule has 2 unspecified atom stereocenters. The summed E-state index contributed by atoms with van der Waals surface area (Å²) in [7, 11) is 0. The maximum atomic E-state index is 3.60. The van der Waals surface area contributed by atoms with E-state index in [0.717, 1.165) is 12.5 Å². The summed E-state index contributed by atoms with van der Waals surface area (Å²) in [5, 5.41) is 3.60. The molecule has 0 saturated carbocycles. The Bertz CT molecular complexity index is 368. The van der Waals surface area contributed by atoms with Crippen LogP contribution in [0.2, 0.25) is 0 Å². The van der Waals surface area contributed by atoms with E-state index in [-0.39, 0.29) is 0 Å². The van der Waals surface area contributed by atoms with E-state index in [0.29, 0.717) is 6.04 Å². The first-order chi connectivity index (χ1) is 7.15. The summed E-state index contributed by atoms with van der Waals surface area (Å²) < 4.78 is 0. The topological polar surface area (TPSA) is 12.0 Å². The number of aryl methyl sites for hydroxylation is 1. The van der Waals surface area contributed by atoms with Crippen molar-refractivity contribution in [3.05, 3.63) is 34.4 Å². The molecule has 0 aromatic heterocycles. The molecule has 0 amide bonds. The lowest BCUT2D eigenvalue weighted by atomic mass is 9.99. The first kappa shape index (κ1) is 10.7. The summed E-state index contributed by atoms with van der Waals surface area (Å²) >= 11 is 0. The highest BCUT2D eigenvalue weighted by Gasteiger charge is 2.29. The van der Waals surface area contributed by atoms with Crippen LogP contribution in [0.25, 0.3) is 0 Å². The van der Waals surface area contributed by atoms with E-state index in [2.05, 4.69) is 45.1 Å². The SMILES string of the molecule is CCNC1c2ccc(C)c(C)c2CC1C. The predicted octanol–water partition coefficient (Wildman–Crippen LogP) is 3.15. The Morgan fingerprint density at radius 3 is 2.73 bits per heavy atom. The van der Waals surface area contributed by atoms with Gasteiger partial charge in [-0.1, -0.05) is 26.0 Å². The summed E-state index contributed by atoms with van der Waals surface area (Å²) in [4.78, 5) is 0. The van der Waals surface area contributed by atoms with Crippen molar-refractivity contribution in [1.82, 2.24) is 5.32 Å². The van der Waals surface area contributed by atoms with Crippen molar-refractivity contribution >= 4 is 0 Å². The van der Waals surface area contributed by atoms with Gasteiger partial charge in [0.1, 0.15) is 0 Å². The van der Waals surface area contributed by atoms with Crippen LogP contribution in [0.4, 0.5) is 0 Å². The van der Waals surface area contributed by atoms with Crippen LogP contribution < -0.4 is 5.32 Å². The summed E-state index contributed by atoms with van der Waals surface area (Å²) in [6.45, 7) is 10.1. The van der Waals surface area contributed by atoms with E-state index < -0.39 is 0 Å². The zero-order valence-electron chi connectivity index (χ0n) is 10.2. The summed E-state index contributed by atoms with van der Waals surface area (Å²) in [6.07, 6.45) is 1.24. The van der Waals surface area contributed by atoms with Gasteiger partial charge in [0.05, 0.1) is 0 Å². The normalized spacial score (nSPS) is 24.3. The van der Waals surface area contributed by atoms with Crippen molar-refractivity contribution in [2.45, 2.75) is 40.2 Å². The molecule has 0 fully saturated rings.